The number of benzene rings is 2. The fraction of sp³-hybridized carbons (Fsp3) is 0.400. The Bertz CT molecular complexity index is 963. The van der Waals surface area contributed by atoms with Crippen LogP contribution in [0.15, 0.2) is 54.6 Å². The number of carbonyl (C=O) groups excluding carboxylic acids is 3. The minimum atomic E-state index is -0.522. The van der Waals surface area contributed by atoms with Crippen molar-refractivity contribution < 1.29 is 19.1 Å². The van der Waals surface area contributed by atoms with Crippen molar-refractivity contribution in [3.8, 4) is 0 Å². The molecule has 0 bridgehead atoms. The summed E-state index contributed by atoms with van der Waals surface area (Å²) in [6, 6.07) is 16.0. The molecule has 34 heavy (non-hydrogen) atoms. The number of anilines is 1. The van der Waals surface area contributed by atoms with Gasteiger partial charge >= 0.3 is 5.97 Å². The van der Waals surface area contributed by atoms with Gasteiger partial charge in [-0.3, -0.25) is 19.4 Å². The zero-order valence-corrected chi connectivity index (χ0v) is 20.1. The molecule has 1 aliphatic heterocycles. The molecule has 0 unspecified atom stereocenters. The lowest BCUT2D eigenvalue weighted by Gasteiger charge is -2.38. The molecule has 0 saturated carbocycles. The monoisotopic (exact) mass is 486 g/mol. The highest BCUT2D eigenvalue weighted by Gasteiger charge is 2.32. The molecule has 1 saturated heterocycles. The number of halogens is 1. The molecule has 1 atom stereocenters. The van der Waals surface area contributed by atoms with Crippen molar-refractivity contribution in [3.63, 3.8) is 0 Å². The molecule has 0 radical (unpaired) electrons. The lowest BCUT2D eigenvalue weighted by Crippen LogP contribution is -2.52. The predicted octanol–water partition coefficient (Wildman–Crippen LogP) is 2.47. The van der Waals surface area contributed by atoms with E-state index < -0.39 is 11.9 Å². The summed E-state index contributed by atoms with van der Waals surface area (Å²) in [5, 5.41) is 0.606. The largest absolute Gasteiger partial charge is 0.465 e. The number of para-hydroxylation sites is 1. The van der Waals surface area contributed by atoms with E-state index in [4.69, 9.17) is 22.1 Å². The van der Waals surface area contributed by atoms with Crippen molar-refractivity contribution in [2.75, 3.05) is 50.8 Å². The van der Waals surface area contributed by atoms with E-state index in [1.165, 1.54) is 0 Å². The lowest BCUT2D eigenvalue weighted by molar-refractivity contribution is -0.151. The SMILES string of the molecule is CCOC(=O)[C@@H](c1ccc(Cl)cc1)N1CCN(CC(=O)N(CCC(N)=O)c2ccccc2)CC1. The molecular formula is C25H31ClN4O4. The number of amides is 2. The van der Waals surface area contributed by atoms with Crippen LogP contribution in [0.5, 0.6) is 0 Å². The topological polar surface area (TPSA) is 96.2 Å². The van der Waals surface area contributed by atoms with Crippen LogP contribution in [0.25, 0.3) is 0 Å². The Balaban J connectivity index is 1.64. The highest BCUT2D eigenvalue weighted by atomic mass is 35.5. The van der Waals surface area contributed by atoms with Crippen LogP contribution in [0, 0.1) is 0 Å². The van der Waals surface area contributed by atoms with Crippen LogP contribution < -0.4 is 10.6 Å². The number of carbonyl (C=O) groups is 3. The van der Waals surface area contributed by atoms with Crippen LogP contribution in [-0.4, -0.2) is 73.5 Å². The molecule has 9 heteroatoms. The highest BCUT2D eigenvalue weighted by Crippen LogP contribution is 2.25. The zero-order chi connectivity index (χ0) is 24.5. The van der Waals surface area contributed by atoms with Gasteiger partial charge in [0.05, 0.1) is 13.2 Å². The number of rotatable bonds is 10. The second-order valence-corrected chi connectivity index (χ2v) is 8.55. The summed E-state index contributed by atoms with van der Waals surface area (Å²) in [4.78, 5) is 42.9. The second-order valence-electron chi connectivity index (χ2n) is 8.12. The number of nitrogens with zero attached hydrogens (tertiary/aromatic N) is 3. The van der Waals surface area contributed by atoms with Crippen LogP contribution in [0.4, 0.5) is 5.69 Å². The Labute approximate surface area is 205 Å². The van der Waals surface area contributed by atoms with E-state index in [1.54, 1.807) is 24.0 Å². The van der Waals surface area contributed by atoms with Crippen molar-refractivity contribution >= 4 is 35.1 Å². The number of piperazine rings is 1. The number of esters is 1. The van der Waals surface area contributed by atoms with Gasteiger partial charge in [0.25, 0.3) is 0 Å². The maximum atomic E-state index is 13.1. The number of primary amides is 1. The van der Waals surface area contributed by atoms with Crippen LogP contribution >= 0.6 is 11.6 Å². The zero-order valence-electron chi connectivity index (χ0n) is 19.4. The van der Waals surface area contributed by atoms with Crippen LogP contribution in [0.2, 0.25) is 5.02 Å². The smallest absolute Gasteiger partial charge is 0.328 e. The van der Waals surface area contributed by atoms with Gasteiger partial charge in [0, 0.05) is 49.9 Å². The Morgan fingerprint density at radius 3 is 2.26 bits per heavy atom. The number of hydrogen-bond donors (Lipinski definition) is 1. The van der Waals surface area contributed by atoms with Crippen LogP contribution in [0.3, 0.4) is 0 Å². The summed E-state index contributed by atoms with van der Waals surface area (Å²) in [5.41, 5.74) is 6.87. The average molecular weight is 487 g/mol. The Morgan fingerprint density at radius 2 is 1.68 bits per heavy atom. The first-order chi connectivity index (χ1) is 16.4. The van der Waals surface area contributed by atoms with E-state index >= 15 is 0 Å². The molecular weight excluding hydrogens is 456 g/mol. The Kier molecular flexibility index (Phi) is 9.44. The molecule has 1 heterocycles. The first-order valence-corrected chi connectivity index (χ1v) is 11.8. The van der Waals surface area contributed by atoms with E-state index in [-0.39, 0.29) is 31.4 Å². The Morgan fingerprint density at radius 1 is 1.03 bits per heavy atom. The summed E-state index contributed by atoms with van der Waals surface area (Å²) in [6.07, 6.45) is 0.0940. The minimum Gasteiger partial charge on any atom is -0.465 e. The van der Waals surface area contributed by atoms with Gasteiger partial charge in [-0.05, 0) is 36.8 Å². The van der Waals surface area contributed by atoms with Gasteiger partial charge in [0.15, 0.2) is 0 Å². The van der Waals surface area contributed by atoms with E-state index in [0.717, 1.165) is 11.3 Å². The normalized spacial score (nSPS) is 15.5. The summed E-state index contributed by atoms with van der Waals surface area (Å²) in [5.74, 6) is -0.842. The molecule has 0 aliphatic carbocycles. The fourth-order valence-electron chi connectivity index (χ4n) is 4.05. The van der Waals surface area contributed by atoms with Crippen molar-refractivity contribution in [2.45, 2.75) is 19.4 Å². The molecule has 0 spiro atoms. The molecule has 2 N–H and O–H groups in total. The van der Waals surface area contributed by atoms with Gasteiger partial charge in [0.1, 0.15) is 6.04 Å². The third kappa shape index (κ3) is 7.03. The quantitative estimate of drug-likeness (QED) is 0.518. The maximum absolute atomic E-state index is 13.1. The lowest BCUT2D eigenvalue weighted by atomic mass is 10.0. The van der Waals surface area contributed by atoms with E-state index in [2.05, 4.69) is 9.80 Å². The second kappa shape index (κ2) is 12.5. The van der Waals surface area contributed by atoms with E-state index in [1.807, 2.05) is 42.5 Å². The molecule has 182 valence electrons. The van der Waals surface area contributed by atoms with Crippen LogP contribution in [-0.2, 0) is 19.1 Å². The molecule has 0 aromatic heterocycles. The van der Waals surface area contributed by atoms with E-state index in [0.29, 0.717) is 37.8 Å². The summed E-state index contributed by atoms with van der Waals surface area (Å²) in [6.45, 7) is 4.99. The fourth-order valence-corrected chi connectivity index (χ4v) is 4.17. The Hall–Kier alpha value is -2.94. The summed E-state index contributed by atoms with van der Waals surface area (Å²) < 4.78 is 5.33. The van der Waals surface area contributed by atoms with Crippen molar-refractivity contribution in [1.29, 1.82) is 0 Å². The minimum absolute atomic E-state index is 0.0940. The van der Waals surface area contributed by atoms with Gasteiger partial charge in [0.2, 0.25) is 11.8 Å². The predicted molar refractivity (Wildman–Crippen MR) is 131 cm³/mol. The van der Waals surface area contributed by atoms with Gasteiger partial charge in [-0.25, -0.2) is 4.79 Å². The molecule has 1 fully saturated rings. The molecule has 2 amide bonds. The molecule has 3 rings (SSSR count). The van der Waals surface area contributed by atoms with Crippen molar-refractivity contribution in [2.24, 2.45) is 5.73 Å². The summed E-state index contributed by atoms with van der Waals surface area (Å²) >= 11 is 6.02. The van der Waals surface area contributed by atoms with E-state index in [9.17, 15) is 14.4 Å². The molecule has 2 aromatic rings. The van der Waals surface area contributed by atoms with Gasteiger partial charge < -0.3 is 15.4 Å². The average Bonchev–Trinajstić information content (AvgIpc) is 2.82. The number of hydrogen-bond acceptors (Lipinski definition) is 6. The first-order valence-electron chi connectivity index (χ1n) is 11.4. The van der Waals surface area contributed by atoms with Crippen molar-refractivity contribution in [1.82, 2.24) is 9.80 Å². The van der Waals surface area contributed by atoms with Gasteiger partial charge in [-0.2, -0.15) is 0 Å². The number of ether oxygens (including phenoxy) is 1. The highest BCUT2D eigenvalue weighted by molar-refractivity contribution is 6.30. The molecule has 8 nitrogen and oxygen atoms in total. The van der Waals surface area contributed by atoms with Gasteiger partial charge in [-0.15, -0.1) is 0 Å². The van der Waals surface area contributed by atoms with Gasteiger partial charge in [-0.1, -0.05) is 41.9 Å². The standard InChI is InChI=1S/C25H31ClN4O4/c1-2-34-25(33)24(19-8-10-20(26)11-9-19)29-16-14-28(15-17-29)18-23(32)30(13-12-22(27)31)21-6-4-3-5-7-21/h3-11,24H,2,12-18H2,1H3,(H2,27,31)/t24-/m1/s1. The molecule has 1 aliphatic rings. The molecule has 2 aromatic carbocycles. The van der Waals surface area contributed by atoms with Crippen molar-refractivity contribution in [3.05, 3.63) is 65.2 Å². The first kappa shape index (κ1) is 25.7. The number of nitrogens with two attached hydrogens (primary N) is 1. The maximum Gasteiger partial charge on any atom is 0.328 e. The van der Waals surface area contributed by atoms with Crippen LogP contribution in [0.1, 0.15) is 24.9 Å². The summed E-state index contributed by atoms with van der Waals surface area (Å²) in [7, 11) is 0. The third-order valence-corrected chi connectivity index (χ3v) is 6.03. The third-order valence-electron chi connectivity index (χ3n) is 5.78.